The summed E-state index contributed by atoms with van der Waals surface area (Å²) in [6, 6.07) is 4.20. The summed E-state index contributed by atoms with van der Waals surface area (Å²) in [5, 5.41) is 8.42. The molecule has 0 aliphatic rings. The Bertz CT molecular complexity index is 546. The van der Waals surface area contributed by atoms with Gasteiger partial charge in [-0.2, -0.15) is 0 Å². The van der Waals surface area contributed by atoms with Crippen LogP contribution in [-0.4, -0.2) is 24.7 Å². The van der Waals surface area contributed by atoms with Crippen molar-refractivity contribution in [2.45, 2.75) is 43.8 Å². The Balaban J connectivity index is 3.31. The molecule has 0 aromatic heterocycles. The van der Waals surface area contributed by atoms with Crippen molar-refractivity contribution in [1.29, 1.82) is 0 Å². The molecule has 0 radical (unpaired) electrons. The Morgan fingerprint density at radius 2 is 2.00 bits per heavy atom. The molecule has 1 aromatic carbocycles. The molecular formula is C13H18O4S. The fourth-order valence-electron chi connectivity index (χ4n) is 1.82. The van der Waals surface area contributed by atoms with Crippen LogP contribution in [0.1, 0.15) is 42.6 Å². The highest BCUT2D eigenvalue weighted by Crippen LogP contribution is 2.23. The lowest BCUT2D eigenvalue weighted by atomic mass is 10.1. The number of aromatic carboxylic acids is 1. The Morgan fingerprint density at radius 1 is 1.39 bits per heavy atom. The average molecular weight is 270 g/mol. The van der Waals surface area contributed by atoms with Crippen LogP contribution in [0.2, 0.25) is 0 Å². The van der Waals surface area contributed by atoms with E-state index in [0.717, 1.165) is 6.42 Å². The van der Waals surface area contributed by atoms with Gasteiger partial charge in [-0.15, -0.1) is 0 Å². The first-order valence-corrected chi connectivity index (χ1v) is 7.43. The van der Waals surface area contributed by atoms with Gasteiger partial charge < -0.3 is 5.11 Å². The summed E-state index contributed by atoms with van der Waals surface area (Å²) in [5.74, 6) is -1.12. The number of carbonyl (C=O) groups is 1. The van der Waals surface area contributed by atoms with Gasteiger partial charge >= 0.3 is 5.97 Å². The summed E-state index contributed by atoms with van der Waals surface area (Å²) in [6.07, 6.45) is 1.34. The third-order valence-corrected chi connectivity index (χ3v) is 5.31. The van der Waals surface area contributed by atoms with Crippen molar-refractivity contribution in [3.8, 4) is 0 Å². The van der Waals surface area contributed by atoms with Gasteiger partial charge in [-0.25, -0.2) is 13.2 Å². The second kappa shape index (κ2) is 5.52. The lowest BCUT2D eigenvalue weighted by Gasteiger charge is -2.14. The van der Waals surface area contributed by atoms with Gasteiger partial charge in [0.25, 0.3) is 0 Å². The Kier molecular flexibility index (Phi) is 4.51. The van der Waals surface area contributed by atoms with E-state index in [-0.39, 0.29) is 10.5 Å². The Morgan fingerprint density at radius 3 is 2.50 bits per heavy atom. The maximum Gasteiger partial charge on any atom is 0.335 e. The van der Waals surface area contributed by atoms with Gasteiger partial charge in [0.15, 0.2) is 9.84 Å². The van der Waals surface area contributed by atoms with Gasteiger partial charge in [-0.3, -0.25) is 0 Å². The first kappa shape index (κ1) is 14.7. The van der Waals surface area contributed by atoms with E-state index in [1.165, 1.54) is 18.2 Å². The molecule has 0 amide bonds. The summed E-state index contributed by atoms with van der Waals surface area (Å²) in [4.78, 5) is 11.0. The van der Waals surface area contributed by atoms with E-state index in [1.54, 1.807) is 13.8 Å². The van der Waals surface area contributed by atoms with Crippen molar-refractivity contribution in [1.82, 2.24) is 0 Å². The zero-order chi connectivity index (χ0) is 13.9. The van der Waals surface area contributed by atoms with Crippen LogP contribution in [0, 0.1) is 6.92 Å². The molecular weight excluding hydrogens is 252 g/mol. The first-order valence-electron chi connectivity index (χ1n) is 5.88. The van der Waals surface area contributed by atoms with E-state index in [9.17, 15) is 13.2 Å². The summed E-state index contributed by atoms with van der Waals surface area (Å²) in [7, 11) is -3.45. The number of aryl methyl sites for hydroxylation is 1. The van der Waals surface area contributed by atoms with Crippen LogP contribution < -0.4 is 0 Å². The second-order valence-electron chi connectivity index (χ2n) is 4.43. The summed E-state index contributed by atoms with van der Waals surface area (Å²) in [5.41, 5.74) is 0.589. The highest BCUT2D eigenvalue weighted by Gasteiger charge is 2.25. The molecule has 0 saturated heterocycles. The number of sulfone groups is 1. The third kappa shape index (κ3) is 2.90. The van der Waals surface area contributed by atoms with Gasteiger partial charge in [0, 0.05) is 0 Å². The largest absolute Gasteiger partial charge is 0.478 e. The van der Waals surface area contributed by atoms with Crippen molar-refractivity contribution in [3.05, 3.63) is 29.3 Å². The van der Waals surface area contributed by atoms with Crippen molar-refractivity contribution < 1.29 is 18.3 Å². The fraction of sp³-hybridized carbons (Fsp3) is 0.462. The molecule has 0 heterocycles. The van der Waals surface area contributed by atoms with Gasteiger partial charge in [0.2, 0.25) is 0 Å². The minimum absolute atomic E-state index is 0.00266. The minimum atomic E-state index is -3.45. The van der Waals surface area contributed by atoms with Crippen LogP contribution in [0.25, 0.3) is 0 Å². The molecule has 1 N–H and O–H groups in total. The van der Waals surface area contributed by atoms with Crippen LogP contribution in [0.3, 0.4) is 0 Å². The normalized spacial score (nSPS) is 13.3. The molecule has 1 aromatic rings. The molecule has 5 heteroatoms. The summed E-state index contributed by atoms with van der Waals surface area (Å²) < 4.78 is 24.6. The van der Waals surface area contributed by atoms with Crippen LogP contribution in [0.4, 0.5) is 0 Å². The SMILES string of the molecule is CCCC(C)S(=O)(=O)c1cc(C(=O)O)ccc1C. The standard InChI is InChI=1S/C13H18O4S/c1-4-5-10(3)18(16,17)12-8-11(13(14)15)7-6-9(12)2/h6-8,10H,4-5H2,1-3H3,(H,14,15). The molecule has 0 aliphatic heterocycles. The molecule has 0 bridgehead atoms. The molecule has 0 fully saturated rings. The lowest BCUT2D eigenvalue weighted by Crippen LogP contribution is -2.19. The van der Waals surface area contributed by atoms with E-state index in [4.69, 9.17) is 5.11 Å². The zero-order valence-electron chi connectivity index (χ0n) is 10.8. The van der Waals surface area contributed by atoms with Crippen LogP contribution in [0.15, 0.2) is 23.1 Å². The highest BCUT2D eigenvalue weighted by molar-refractivity contribution is 7.92. The van der Waals surface area contributed by atoms with Crippen LogP contribution in [-0.2, 0) is 9.84 Å². The molecule has 0 aliphatic carbocycles. The molecule has 18 heavy (non-hydrogen) atoms. The summed E-state index contributed by atoms with van der Waals surface area (Å²) >= 11 is 0. The third-order valence-electron chi connectivity index (χ3n) is 2.97. The summed E-state index contributed by atoms with van der Waals surface area (Å²) in [6.45, 7) is 5.26. The number of rotatable bonds is 5. The topological polar surface area (TPSA) is 71.4 Å². The van der Waals surface area contributed by atoms with E-state index in [0.29, 0.717) is 12.0 Å². The molecule has 0 saturated carbocycles. The first-order chi connectivity index (χ1) is 8.30. The highest BCUT2D eigenvalue weighted by atomic mass is 32.2. The van der Waals surface area contributed by atoms with Crippen molar-refractivity contribution in [2.75, 3.05) is 0 Å². The fourth-order valence-corrected chi connectivity index (χ4v) is 3.61. The van der Waals surface area contributed by atoms with Gasteiger partial charge in [-0.05, 0) is 38.0 Å². The number of benzene rings is 1. The smallest absolute Gasteiger partial charge is 0.335 e. The van der Waals surface area contributed by atoms with Gasteiger partial charge in [0.05, 0.1) is 15.7 Å². The maximum absolute atomic E-state index is 12.3. The second-order valence-corrected chi connectivity index (χ2v) is 6.76. The molecule has 4 nitrogen and oxygen atoms in total. The quantitative estimate of drug-likeness (QED) is 0.892. The number of hydrogen-bond donors (Lipinski definition) is 1. The van der Waals surface area contributed by atoms with Crippen LogP contribution in [0.5, 0.6) is 0 Å². The van der Waals surface area contributed by atoms with Crippen molar-refractivity contribution >= 4 is 15.8 Å². The van der Waals surface area contributed by atoms with Crippen LogP contribution >= 0.6 is 0 Å². The number of hydrogen-bond acceptors (Lipinski definition) is 3. The monoisotopic (exact) mass is 270 g/mol. The van der Waals surface area contributed by atoms with E-state index >= 15 is 0 Å². The average Bonchev–Trinajstić information content (AvgIpc) is 2.29. The van der Waals surface area contributed by atoms with Crippen molar-refractivity contribution in [3.63, 3.8) is 0 Å². The van der Waals surface area contributed by atoms with Crippen molar-refractivity contribution in [2.24, 2.45) is 0 Å². The molecule has 0 spiro atoms. The zero-order valence-corrected chi connectivity index (χ0v) is 11.6. The number of carboxylic acids is 1. The minimum Gasteiger partial charge on any atom is -0.478 e. The molecule has 100 valence electrons. The molecule has 1 atom stereocenters. The predicted octanol–water partition coefficient (Wildman–Crippen LogP) is 2.66. The number of carboxylic acid groups (broad SMARTS) is 1. The molecule has 1 rings (SSSR count). The van der Waals surface area contributed by atoms with E-state index < -0.39 is 21.1 Å². The van der Waals surface area contributed by atoms with E-state index in [1.807, 2.05) is 6.92 Å². The Labute approximate surface area is 108 Å². The van der Waals surface area contributed by atoms with Gasteiger partial charge in [-0.1, -0.05) is 19.4 Å². The molecule has 1 unspecified atom stereocenters. The van der Waals surface area contributed by atoms with E-state index in [2.05, 4.69) is 0 Å². The Hall–Kier alpha value is -1.36. The maximum atomic E-state index is 12.3. The lowest BCUT2D eigenvalue weighted by molar-refractivity contribution is 0.0696. The van der Waals surface area contributed by atoms with Gasteiger partial charge in [0.1, 0.15) is 0 Å². The predicted molar refractivity (Wildman–Crippen MR) is 69.7 cm³/mol.